The van der Waals surface area contributed by atoms with Crippen molar-refractivity contribution < 1.29 is 9.53 Å². The Hall–Kier alpha value is -0.460. The number of rotatable bonds is 3. The molecule has 1 aromatic heterocycles. The third kappa shape index (κ3) is 3.26. The van der Waals surface area contributed by atoms with Crippen LogP contribution in [-0.2, 0) is 4.74 Å². The number of carbonyl (C=O) groups excluding carboxylic acids is 1. The van der Waals surface area contributed by atoms with E-state index in [-0.39, 0.29) is 5.91 Å². The highest BCUT2D eigenvalue weighted by Crippen LogP contribution is 2.19. The quantitative estimate of drug-likeness (QED) is 0.930. The molecule has 6 heteroatoms. The molecule has 1 amide bonds. The number of hydrogen-bond donors (Lipinski definition) is 1. The minimum absolute atomic E-state index is 0.0960. The zero-order valence-electron chi connectivity index (χ0n) is 8.74. The standard InChI is InChI=1S/C10H13BrN2O2S/c11-8-5-13-10(16-8)9(14)12-4-7-2-1-3-15-6-7/h5,7H,1-4,6H2,(H,12,14). The first-order chi connectivity index (χ1) is 7.75. The van der Waals surface area contributed by atoms with Crippen LogP contribution in [0.25, 0.3) is 0 Å². The molecule has 2 heterocycles. The Balaban J connectivity index is 1.79. The smallest absolute Gasteiger partial charge is 0.280 e. The third-order valence-electron chi connectivity index (χ3n) is 2.48. The summed E-state index contributed by atoms with van der Waals surface area (Å²) in [5, 5.41) is 3.39. The zero-order valence-corrected chi connectivity index (χ0v) is 11.1. The van der Waals surface area contributed by atoms with Crippen molar-refractivity contribution in [2.24, 2.45) is 5.92 Å². The van der Waals surface area contributed by atoms with Crippen molar-refractivity contribution in [1.82, 2.24) is 10.3 Å². The van der Waals surface area contributed by atoms with E-state index in [2.05, 4.69) is 26.2 Å². The summed E-state index contributed by atoms with van der Waals surface area (Å²) in [6.45, 7) is 2.28. The lowest BCUT2D eigenvalue weighted by molar-refractivity contribution is 0.0536. The largest absolute Gasteiger partial charge is 0.381 e. The maximum atomic E-state index is 11.7. The fourth-order valence-corrected chi connectivity index (χ4v) is 2.76. The van der Waals surface area contributed by atoms with Crippen molar-refractivity contribution in [1.29, 1.82) is 0 Å². The van der Waals surface area contributed by atoms with Gasteiger partial charge in [-0.25, -0.2) is 4.98 Å². The second kappa shape index (κ2) is 5.75. The Labute approximate surface area is 107 Å². The van der Waals surface area contributed by atoms with Crippen LogP contribution >= 0.6 is 27.3 Å². The van der Waals surface area contributed by atoms with Crippen molar-refractivity contribution in [3.8, 4) is 0 Å². The number of thiazole rings is 1. The minimum Gasteiger partial charge on any atom is -0.381 e. The number of ether oxygens (including phenoxy) is 1. The monoisotopic (exact) mass is 304 g/mol. The molecule has 0 spiro atoms. The molecule has 88 valence electrons. The van der Waals surface area contributed by atoms with Gasteiger partial charge >= 0.3 is 0 Å². The van der Waals surface area contributed by atoms with Crippen LogP contribution in [0.3, 0.4) is 0 Å². The van der Waals surface area contributed by atoms with Gasteiger partial charge in [-0.2, -0.15) is 0 Å². The fourth-order valence-electron chi connectivity index (χ4n) is 1.64. The van der Waals surface area contributed by atoms with Crippen molar-refractivity contribution in [3.63, 3.8) is 0 Å². The molecular weight excluding hydrogens is 292 g/mol. The Kier molecular flexibility index (Phi) is 4.31. The van der Waals surface area contributed by atoms with Gasteiger partial charge in [0.25, 0.3) is 5.91 Å². The molecule has 1 atom stereocenters. The second-order valence-corrected chi connectivity index (χ2v) is 6.17. The van der Waals surface area contributed by atoms with E-state index in [1.54, 1.807) is 6.20 Å². The number of nitrogens with zero attached hydrogens (tertiary/aromatic N) is 1. The Bertz CT molecular complexity index is 363. The van der Waals surface area contributed by atoms with Gasteiger partial charge in [0.15, 0.2) is 5.01 Å². The first-order valence-corrected chi connectivity index (χ1v) is 6.84. The topological polar surface area (TPSA) is 51.2 Å². The molecule has 2 rings (SSSR count). The SMILES string of the molecule is O=C(NCC1CCCOC1)c1ncc(Br)s1. The highest BCUT2D eigenvalue weighted by atomic mass is 79.9. The van der Waals surface area contributed by atoms with Gasteiger partial charge in [-0.1, -0.05) is 0 Å². The van der Waals surface area contributed by atoms with E-state index in [0.717, 1.165) is 29.8 Å². The summed E-state index contributed by atoms with van der Waals surface area (Å²) in [5.74, 6) is 0.349. The lowest BCUT2D eigenvalue weighted by atomic mass is 10.0. The predicted octanol–water partition coefficient (Wildman–Crippen LogP) is 2.06. The lowest BCUT2D eigenvalue weighted by Gasteiger charge is -2.21. The van der Waals surface area contributed by atoms with Crippen LogP contribution < -0.4 is 5.32 Å². The van der Waals surface area contributed by atoms with E-state index in [0.29, 0.717) is 17.5 Å². The predicted molar refractivity (Wildman–Crippen MR) is 65.7 cm³/mol. The molecule has 1 aliphatic heterocycles. The van der Waals surface area contributed by atoms with Gasteiger partial charge in [0.1, 0.15) is 0 Å². The van der Waals surface area contributed by atoms with E-state index in [9.17, 15) is 4.79 Å². The first-order valence-electron chi connectivity index (χ1n) is 5.23. The maximum absolute atomic E-state index is 11.7. The van der Waals surface area contributed by atoms with Crippen LogP contribution in [0.2, 0.25) is 0 Å². The molecule has 1 unspecified atom stereocenters. The molecule has 1 aliphatic rings. The van der Waals surface area contributed by atoms with Crippen molar-refractivity contribution >= 4 is 33.2 Å². The number of aromatic nitrogens is 1. The average molecular weight is 305 g/mol. The highest BCUT2D eigenvalue weighted by Gasteiger charge is 2.16. The molecule has 0 saturated carbocycles. The fraction of sp³-hybridized carbons (Fsp3) is 0.600. The number of amides is 1. The van der Waals surface area contributed by atoms with E-state index in [1.165, 1.54) is 11.3 Å². The molecule has 0 aliphatic carbocycles. The first kappa shape index (κ1) is 12.0. The summed E-state index contributed by atoms with van der Waals surface area (Å²) in [4.78, 5) is 15.7. The van der Waals surface area contributed by atoms with E-state index >= 15 is 0 Å². The molecule has 1 N–H and O–H groups in total. The highest BCUT2D eigenvalue weighted by molar-refractivity contribution is 9.11. The summed E-state index contributed by atoms with van der Waals surface area (Å²) < 4.78 is 6.23. The van der Waals surface area contributed by atoms with Crippen molar-refractivity contribution in [2.45, 2.75) is 12.8 Å². The molecular formula is C10H13BrN2O2S. The summed E-state index contributed by atoms with van der Waals surface area (Å²) in [7, 11) is 0. The summed E-state index contributed by atoms with van der Waals surface area (Å²) in [6, 6.07) is 0. The molecule has 4 nitrogen and oxygen atoms in total. The van der Waals surface area contributed by atoms with Gasteiger partial charge in [0.2, 0.25) is 0 Å². The molecule has 0 radical (unpaired) electrons. The molecule has 16 heavy (non-hydrogen) atoms. The van der Waals surface area contributed by atoms with Crippen LogP contribution in [-0.4, -0.2) is 30.6 Å². The van der Waals surface area contributed by atoms with Crippen LogP contribution in [0.4, 0.5) is 0 Å². The molecule has 1 aromatic rings. The average Bonchev–Trinajstić information content (AvgIpc) is 2.74. The summed E-state index contributed by atoms with van der Waals surface area (Å²) in [6.07, 6.45) is 3.86. The maximum Gasteiger partial charge on any atom is 0.280 e. The Morgan fingerprint density at radius 1 is 1.75 bits per heavy atom. The van der Waals surface area contributed by atoms with Gasteiger partial charge in [-0.3, -0.25) is 4.79 Å². The summed E-state index contributed by atoms with van der Waals surface area (Å²) in [5.41, 5.74) is 0. The molecule has 1 fully saturated rings. The van der Waals surface area contributed by atoms with Crippen LogP contribution in [0, 0.1) is 5.92 Å². The second-order valence-electron chi connectivity index (χ2n) is 3.76. The Morgan fingerprint density at radius 3 is 3.25 bits per heavy atom. The van der Waals surface area contributed by atoms with Crippen molar-refractivity contribution in [3.05, 3.63) is 15.0 Å². The van der Waals surface area contributed by atoms with Gasteiger partial charge in [-0.15, -0.1) is 11.3 Å². The van der Waals surface area contributed by atoms with Crippen LogP contribution in [0.1, 0.15) is 22.6 Å². The summed E-state index contributed by atoms with van der Waals surface area (Å²) >= 11 is 4.63. The molecule has 1 saturated heterocycles. The van der Waals surface area contributed by atoms with Crippen molar-refractivity contribution in [2.75, 3.05) is 19.8 Å². The van der Waals surface area contributed by atoms with E-state index in [4.69, 9.17) is 4.74 Å². The molecule has 0 aromatic carbocycles. The Morgan fingerprint density at radius 2 is 2.62 bits per heavy atom. The lowest BCUT2D eigenvalue weighted by Crippen LogP contribution is -2.33. The zero-order chi connectivity index (χ0) is 11.4. The van der Waals surface area contributed by atoms with Crippen LogP contribution in [0.5, 0.6) is 0 Å². The van der Waals surface area contributed by atoms with Gasteiger partial charge in [0.05, 0.1) is 16.6 Å². The minimum atomic E-state index is -0.0960. The van der Waals surface area contributed by atoms with Gasteiger partial charge < -0.3 is 10.1 Å². The van der Waals surface area contributed by atoms with Gasteiger partial charge in [0, 0.05) is 13.2 Å². The van der Waals surface area contributed by atoms with E-state index in [1.807, 2.05) is 0 Å². The third-order valence-corrected chi connectivity index (χ3v) is 3.95. The normalized spacial score (nSPS) is 20.7. The number of carbonyl (C=O) groups is 1. The molecule has 0 bridgehead atoms. The van der Waals surface area contributed by atoms with Gasteiger partial charge in [-0.05, 0) is 34.7 Å². The number of halogens is 1. The number of hydrogen-bond acceptors (Lipinski definition) is 4. The van der Waals surface area contributed by atoms with E-state index < -0.39 is 0 Å². The number of nitrogens with one attached hydrogen (secondary N) is 1. The van der Waals surface area contributed by atoms with Crippen LogP contribution in [0.15, 0.2) is 9.98 Å².